The number of esters is 1. The van der Waals surface area contributed by atoms with E-state index in [0.717, 1.165) is 27.8 Å². The Morgan fingerprint density at radius 1 is 0.889 bits per heavy atom. The Bertz CT molecular complexity index is 1420. The highest BCUT2D eigenvalue weighted by Crippen LogP contribution is 2.23. The van der Waals surface area contributed by atoms with Gasteiger partial charge in [-0.15, -0.1) is 0 Å². The number of carbonyl (C=O) groups excluding carboxylic acids is 2. The van der Waals surface area contributed by atoms with Gasteiger partial charge >= 0.3 is 11.6 Å². The number of rotatable bonds is 9. The minimum absolute atomic E-state index is 0.255. The summed E-state index contributed by atoms with van der Waals surface area (Å²) >= 11 is 0. The maximum atomic E-state index is 12.3. The van der Waals surface area contributed by atoms with Gasteiger partial charge in [0.1, 0.15) is 23.7 Å². The summed E-state index contributed by atoms with van der Waals surface area (Å²) in [7, 11) is 1.59. The molecule has 0 unspecified atom stereocenters. The molecule has 1 amide bonds. The zero-order valence-corrected chi connectivity index (χ0v) is 19.9. The molecule has 8 nitrogen and oxygen atoms in total. The zero-order chi connectivity index (χ0) is 25.5. The summed E-state index contributed by atoms with van der Waals surface area (Å²) in [6.45, 7) is 2.04. The molecular formula is C28H25NO7. The topological polar surface area (TPSA) is 104 Å². The Kier molecular flexibility index (Phi) is 7.65. The molecule has 8 heteroatoms. The zero-order valence-electron chi connectivity index (χ0n) is 19.9. The first-order valence-electron chi connectivity index (χ1n) is 11.2. The average Bonchev–Trinajstić information content (AvgIpc) is 2.89. The summed E-state index contributed by atoms with van der Waals surface area (Å²) in [6.07, 6.45) is 0. The predicted octanol–water partition coefficient (Wildman–Crippen LogP) is 4.16. The van der Waals surface area contributed by atoms with E-state index in [0.29, 0.717) is 23.4 Å². The van der Waals surface area contributed by atoms with Gasteiger partial charge in [0.15, 0.2) is 6.61 Å². The van der Waals surface area contributed by atoms with Crippen molar-refractivity contribution in [1.82, 2.24) is 5.32 Å². The van der Waals surface area contributed by atoms with Gasteiger partial charge in [0, 0.05) is 24.1 Å². The molecular weight excluding hydrogens is 462 g/mol. The monoisotopic (exact) mass is 487 g/mol. The first-order chi connectivity index (χ1) is 17.4. The number of aryl methyl sites for hydroxylation is 1. The summed E-state index contributed by atoms with van der Waals surface area (Å²) in [4.78, 5) is 35.9. The molecule has 1 aromatic heterocycles. The van der Waals surface area contributed by atoms with E-state index < -0.39 is 17.5 Å². The number of fused-ring (bicyclic) bond motifs is 1. The summed E-state index contributed by atoms with van der Waals surface area (Å²) in [5.41, 5.74) is 2.94. The lowest BCUT2D eigenvalue weighted by Gasteiger charge is -2.09. The Morgan fingerprint density at radius 3 is 2.31 bits per heavy atom. The normalized spacial score (nSPS) is 10.6. The van der Waals surface area contributed by atoms with Crippen molar-refractivity contribution < 1.29 is 28.2 Å². The third-order valence-corrected chi connectivity index (χ3v) is 5.50. The molecule has 0 atom stereocenters. The number of carbonyl (C=O) groups is 2. The van der Waals surface area contributed by atoms with Crippen molar-refractivity contribution >= 4 is 22.8 Å². The SMILES string of the molecule is COc1ccc(CNC(=O)COC(=O)c2ccc(COc3ccc4c(C)cc(=O)oc4c3)cc2)cc1. The molecule has 4 aromatic rings. The fourth-order valence-corrected chi connectivity index (χ4v) is 3.51. The summed E-state index contributed by atoms with van der Waals surface area (Å²) in [6, 6.07) is 20.8. The quantitative estimate of drug-likeness (QED) is 0.279. The van der Waals surface area contributed by atoms with Crippen LogP contribution in [0.2, 0.25) is 0 Å². The molecule has 0 aliphatic carbocycles. The van der Waals surface area contributed by atoms with Gasteiger partial charge in [0.25, 0.3) is 5.91 Å². The lowest BCUT2D eigenvalue weighted by molar-refractivity contribution is -0.124. The predicted molar refractivity (Wildman–Crippen MR) is 133 cm³/mol. The third-order valence-electron chi connectivity index (χ3n) is 5.50. The number of ether oxygens (including phenoxy) is 3. The van der Waals surface area contributed by atoms with Gasteiger partial charge < -0.3 is 23.9 Å². The molecule has 0 saturated carbocycles. The van der Waals surface area contributed by atoms with Crippen LogP contribution in [0.4, 0.5) is 0 Å². The molecule has 0 radical (unpaired) electrons. The van der Waals surface area contributed by atoms with Crippen LogP contribution in [0.15, 0.2) is 82.0 Å². The molecule has 3 aromatic carbocycles. The molecule has 1 N–H and O–H groups in total. The molecule has 0 bridgehead atoms. The van der Waals surface area contributed by atoms with Crippen LogP contribution in [0.1, 0.15) is 27.0 Å². The van der Waals surface area contributed by atoms with E-state index in [1.807, 2.05) is 25.1 Å². The second-order valence-corrected chi connectivity index (χ2v) is 8.09. The minimum atomic E-state index is -0.595. The number of hydrogen-bond acceptors (Lipinski definition) is 7. The number of benzene rings is 3. The minimum Gasteiger partial charge on any atom is -0.497 e. The Morgan fingerprint density at radius 2 is 1.58 bits per heavy atom. The number of amides is 1. The van der Waals surface area contributed by atoms with E-state index in [9.17, 15) is 14.4 Å². The van der Waals surface area contributed by atoms with Crippen LogP contribution in [0.25, 0.3) is 11.0 Å². The highest BCUT2D eigenvalue weighted by atomic mass is 16.5. The van der Waals surface area contributed by atoms with Crippen LogP contribution in [0.5, 0.6) is 11.5 Å². The maximum Gasteiger partial charge on any atom is 0.338 e. The van der Waals surface area contributed by atoms with Crippen molar-refractivity contribution in [2.24, 2.45) is 0 Å². The van der Waals surface area contributed by atoms with Crippen LogP contribution in [0, 0.1) is 6.92 Å². The van der Waals surface area contributed by atoms with Gasteiger partial charge in [-0.1, -0.05) is 24.3 Å². The molecule has 0 aliphatic heterocycles. The summed E-state index contributed by atoms with van der Waals surface area (Å²) in [5, 5.41) is 3.55. The Balaban J connectivity index is 1.25. The molecule has 0 saturated heterocycles. The highest BCUT2D eigenvalue weighted by molar-refractivity contribution is 5.91. The largest absolute Gasteiger partial charge is 0.497 e. The molecule has 0 fully saturated rings. The first kappa shape index (κ1) is 24.5. The van der Waals surface area contributed by atoms with Gasteiger partial charge in [-0.2, -0.15) is 0 Å². The van der Waals surface area contributed by atoms with Gasteiger partial charge in [-0.3, -0.25) is 4.79 Å². The molecule has 0 spiro atoms. The molecule has 0 aliphatic rings. The second-order valence-electron chi connectivity index (χ2n) is 8.09. The van der Waals surface area contributed by atoms with Crippen LogP contribution >= 0.6 is 0 Å². The van der Waals surface area contributed by atoms with E-state index in [4.69, 9.17) is 18.6 Å². The van der Waals surface area contributed by atoms with Crippen molar-refractivity contribution in [2.45, 2.75) is 20.1 Å². The van der Waals surface area contributed by atoms with E-state index in [2.05, 4.69) is 5.32 Å². The second kappa shape index (κ2) is 11.2. The smallest absolute Gasteiger partial charge is 0.338 e. The molecule has 4 rings (SSSR count). The molecule has 1 heterocycles. The van der Waals surface area contributed by atoms with E-state index >= 15 is 0 Å². The number of hydrogen-bond donors (Lipinski definition) is 1. The lowest BCUT2D eigenvalue weighted by atomic mass is 10.1. The standard InChI is InChI=1S/C28H25NO7/c1-18-13-27(31)36-25-14-23(11-12-24(18)25)34-16-20-3-7-21(8-4-20)28(32)35-17-26(30)29-15-19-5-9-22(33-2)10-6-19/h3-14H,15-17H2,1-2H3,(H,29,30). The van der Waals surface area contributed by atoms with Crippen molar-refractivity contribution in [3.63, 3.8) is 0 Å². The Hall–Kier alpha value is -4.59. The van der Waals surface area contributed by atoms with E-state index in [1.165, 1.54) is 6.07 Å². The van der Waals surface area contributed by atoms with Gasteiger partial charge in [0.05, 0.1) is 12.7 Å². The molecule has 36 heavy (non-hydrogen) atoms. The van der Waals surface area contributed by atoms with Crippen molar-refractivity contribution in [1.29, 1.82) is 0 Å². The summed E-state index contributed by atoms with van der Waals surface area (Å²) < 4.78 is 21.2. The fraction of sp³-hybridized carbons (Fsp3) is 0.179. The number of nitrogens with one attached hydrogen (secondary N) is 1. The maximum absolute atomic E-state index is 12.3. The van der Waals surface area contributed by atoms with Crippen molar-refractivity contribution in [2.75, 3.05) is 13.7 Å². The van der Waals surface area contributed by atoms with Gasteiger partial charge in [0.2, 0.25) is 0 Å². The van der Waals surface area contributed by atoms with Crippen molar-refractivity contribution in [3.05, 3.63) is 105 Å². The van der Waals surface area contributed by atoms with Gasteiger partial charge in [-0.05, 0) is 60.0 Å². The highest BCUT2D eigenvalue weighted by Gasteiger charge is 2.11. The van der Waals surface area contributed by atoms with Crippen LogP contribution < -0.4 is 20.4 Å². The van der Waals surface area contributed by atoms with Crippen LogP contribution in [-0.4, -0.2) is 25.6 Å². The van der Waals surface area contributed by atoms with E-state index in [-0.39, 0.29) is 13.2 Å². The number of methoxy groups -OCH3 is 1. The van der Waals surface area contributed by atoms with Crippen molar-refractivity contribution in [3.8, 4) is 11.5 Å². The first-order valence-corrected chi connectivity index (χ1v) is 11.2. The lowest BCUT2D eigenvalue weighted by Crippen LogP contribution is -2.28. The Labute approximate surface area is 207 Å². The fourth-order valence-electron chi connectivity index (χ4n) is 3.51. The van der Waals surface area contributed by atoms with Crippen LogP contribution in [-0.2, 0) is 22.7 Å². The average molecular weight is 488 g/mol. The summed E-state index contributed by atoms with van der Waals surface area (Å²) in [5.74, 6) is 0.295. The van der Waals surface area contributed by atoms with Gasteiger partial charge in [-0.25, -0.2) is 9.59 Å². The molecule has 184 valence electrons. The van der Waals surface area contributed by atoms with E-state index in [1.54, 1.807) is 55.6 Å². The van der Waals surface area contributed by atoms with Crippen LogP contribution in [0.3, 0.4) is 0 Å². The third kappa shape index (κ3) is 6.29.